The predicted molar refractivity (Wildman–Crippen MR) is 136 cm³/mol. The number of benzene rings is 3. The van der Waals surface area contributed by atoms with E-state index in [4.69, 9.17) is 34.0 Å². The van der Waals surface area contributed by atoms with Crippen molar-refractivity contribution in [2.75, 3.05) is 47.5 Å². The molecule has 1 fully saturated rings. The molecule has 0 aromatic heterocycles. The second-order valence-electron chi connectivity index (χ2n) is 8.20. The number of fused-ring (bicyclic) bond motifs is 1. The van der Waals surface area contributed by atoms with Gasteiger partial charge in [0.15, 0.2) is 11.5 Å². The van der Waals surface area contributed by atoms with Crippen molar-refractivity contribution in [2.24, 2.45) is 0 Å². The van der Waals surface area contributed by atoms with Crippen LogP contribution in [0.2, 0.25) is 0 Å². The van der Waals surface area contributed by atoms with E-state index in [1.54, 1.807) is 21.3 Å². The molecule has 10 nitrogen and oxygen atoms in total. The van der Waals surface area contributed by atoms with E-state index in [9.17, 15) is 4.79 Å². The van der Waals surface area contributed by atoms with Crippen molar-refractivity contribution >= 4 is 28.6 Å². The van der Waals surface area contributed by atoms with Crippen molar-refractivity contribution in [1.82, 2.24) is 9.80 Å². The molecule has 0 radical (unpaired) electrons. The second kappa shape index (κ2) is 12.6. The number of ether oxygens (including phenoxy) is 3. The van der Waals surface area contributed by atoms with E-state index in [0.717, 1.165) is 41.5 Å². The van der Waals surface area contributed by atoms with Crippen molar-refractivity contribution < 1.29 is 38.8 Å². The van der Waals surface area contributed by atoms with Crippen LogP contribution in [-0.2, 0) is 16.1 Å². The lowest BCUT2D eigenvalue weighted by atomic mass is 10.0. The molecule has 0 atom stereocenters. The second-order valence-corrected chi connectivity index (χ2v) is 8.20. The van der Waals surface area contributed by atoms with Gasteiger partial charge in [-0.25, -0.2) is 9.59 Å². The first-order valence-electron chi connectivity index (χ1n) is 11.5. The number of methoxy groups -OCH3 is 3. The number of carboxylic acids is 2. The average molecular weight is 511 g/mol. The topological polar surface area (TPSA) is 126 Å². The summed E-state index contributed by atoms with van der Waals surface area (Å²) in [5.41, 5.74) is 1.81. The van der Waals surface area contributed by atoms with Gasteiger partial charge < -0.3 is 29.3 Å². The maximum absolute atomic E-state index is 13.2. The highest BCUT2D eigenvalue weighted by molar-refractivity contribution is 6.27. The Hall–Kier alpha value is -4.31. The summed E-state index contributed by atoms with van der Waals surface area (Å²) in [5, 5.41) is 16.9. The number of amides is 1. The van der Waals surface area contributed by atoms with Gasteiger partial charge >= 0.3 is 11.9 Å². The first-order chi connectivity index (χ1) is 17.8. The number of carboxylic acid groups (broad SMARTS) is 2. The quantitative estimate of drug-likeness (QED) is 0.481. The van der Waals surface area contributed by atoms with E-state index >= 15 is 0 Å². The molecule has 2 N–H and O–H groups in total. The zero-order valence-electron chi connectivity index (χ0n) is 21.0. The summed E-state index contributed by atoms with van der Waals surface area (Å²) in [6, 6.07) is 17.9. The first-order valence-corrected chi connectivity index (χ1v) is 11.5. The molecule has 196 valence electrons. The van der Waals surface area contributed by atoms with E-state index in [1.807, 2.05) is 59.5 Å². The molecule has 3 aromatic rings. The predicted octanol–water partition coefficient (Wildman–Crippen LogP) is 2.98. The molecule has 1 aliphatic heterocycles. The van der Waals surface area contributed by atoms with Crippen LogP contribution in [-0.4, -0.2) is 85.4 Å². The summed E-state index contributed by atoms with van der Waals surface area (Å²) in [7, 11) is 4.87. The molecule has 10 heteroatoms. The SMILES string of the molecule is COc1ccc(CN2CCN(C(=O)c3cccc4ccccc34)CC2)c(OC)c1OC.O=C(O)C(=O)O. The summed E-state index contributed by atoms with van der Waals surface area (Å²) >= 11 is 0. The van der Waals surface area contributed by atoms with Crippen molar-refractivity contribution in [3.8, 4) is 17.2 Å². The molecule has 1 aliphatic rings. The molecule has 0 saturated carbocycles. The Morgan fingerprint density at radius 2 is 1.38 bits per heavy atom. The van der Waals surface area contributed by atoms with Gasteiger partial charge in [-0.2, -0.15) is 0 Å². The maximum atomic E-state index is 13.2. The number of aliphatic carboxylic acids is 2. The fourth-order valence-electron chi connectivity index (χ4n) is 4.22. The number of carbonyl (C=O) groups excluding carboxylic acids is 1. The molecular weight excluding hydrogens is 480 g/mol. The molecule has 37 heavy (non-hydrogen) atoms. The maximum Gasteiger partial charge on any atom is 0.414 e. The minimum absolute atomic E-state index is 0.0974. The smallest absolute Gasteiger partial charge is 0.414 e. The lowest BCUT2D eigenvalue weighted by molar-refractivity contribution is -0.159. The van der Waals surface area contributed by atoms with Gasteiger partial charge in [0.2, 0.25) is 5.75 Å². The molecule has 4 rings (SSSR count). The normalized spacial score (nSPS) is 13.3. The Balaban J connectivity index is 0.000000568. The van der Waals surface area contributed by atoms with E-state index in [-0.39, 0.29) is 5.91 Å². The Kier molecular flexibility index (Phi) is 9.28. The Morgan fingerprint density at radius 3 is 1.97 bits per heavy atom. The standard InChI is InChI=1S/C25H28N2O4.C2H2O4/c1-29-22-12-11-19(23(30-2)24(22)31-3)17-26-13-15-27(16-14-26)25(28)21-10-6-8-18-7-4-5-9-20(18)21;3-1(4)2(5)6/h4-12H,13-17H2,1-3H3;(H,3,4)(H,5,6). The van der Waals surface area contributed by atoms with Crippen LogP contribution >= 0.6 is 0 Å². The number of rotatable bonds is 6. The number of nitrogens with zero attached hydrogens (tertiary/aromatic N) is 2. The number of hydrogen-bond donors (Lipinski definition) is 2. The third-order valence-electron chi connectivity index (χ3n) is 6.04. The minimum atomic E-state index is -1.82. The molecule has 0 unspecified atom stereocenters. The van der Waals surface area contributed by atoms with Crippen molar-refractivity contribution in [2.45, 2.75) is 6.54 Å². The van der Waals surface area contributed by atoms with E-state index < -0.39 is 11.9 Å². The summed E-state index contributed by atoms with van der Waals surface area (Å²) in [4.78, 5) is 35.7. The first kappa shape index (κ1) is 27.3. The molecule has 0 spiro atoms. The van der Waals surface area contributed by atoms with Gasteiger partial charge in [0.05, 0.1) is 21.3 Å². The van der Waals surface area contributed by atoms with Gasteiger partial charge in [-0.1, -0.05) is 42.5 Å². The summed E-state index contributed by atoms with van der Waals surface area (Å²) in [6.45, 7) is 3.71. The molecule has 1 saturated heterocycles. The zero-order chi connectivity index (χ0) is 26.9. The van der Waals surface area contributed by atoms with Gasteiger partial charge in [-0.05, 0) is 22.9 Å². The Labute approximate surface area is 214 Å². The lowest BCUT2D eigenvalue weighted by Crippen LogP contribution is -2.48. The van der Waals surface area contributed by atoms with Crippen LogP contribution in [0.15, 0.2) is 54.6 Å². The van der Waals surface area contributed by atoms with Gasteiger partial charge in [0.1, 0.15) is 0 Å². The van der Waals surface area contributed by atoms with Crippen LogP contribution in [0.1, 0.15) is 15.9 Å². The summed E-state index contributed by atoms with van der Waals surface area (Å²) < 4.78 is 16.5. The van der Waals surface area contributed by atoms with E-state index in [2.05, 4.69) is 4.90 Å². The van der Waals surface area contributed by atoms with Crippen molar-refractivity contribution in [3.05, 3.63) is 65.7 Å². The fourth-order valence-corrected chi connectivity index (χ4v) is 4.22. The molecular formula is C27H30N2O8. The van der Waals surface area contributed by atoms with E-state index in [1.165, 1.54) is 0 Å². The zero-order valence-corrected chi connectivity index (χ0v) is 21.0. The van der Waals surface area contributed by atoms with Crippen LogP contribution < -0.4 is 14.2 Å². The van der Waals surface area contributed by atoms with Crippen LogP contribution in [0.3, 0.4) is 0 Å². The highest BCUT2D eigenvalue weighted by Crippen LogP contribution is 2.40. The van der Waals surface area contributed by atoms with Gasteiger partial charge in [0, 0.05) is 43.9 Å². The largest absolute Gasteiger partial charge is 0.493 e. The number of carbonyl (C=O) groups is 3. The number of piperazine rings is 1. The molecule has 0 aliphatic carbocycles. The van der Waals surface area contributed by atoms with Crippen molar-refractivity contribution in [1.29, 1.82) is 0 Å². The highest BCUT2D eigenvalue weighted by atomic mass is 16.5. The molecule has 3 aromatic carbocycles. The van der Waals surface area contributed by atoms with Crippen LogP contribution in [0.4, 0.5) is 0 Å². The molecule has 1 amide bonds. The third kappa shape index (κ3) is 6.47. The van der Waals surface area contributed by atoms with Crippen molar-refractivity contribution in [3.63, 3.8) is 0 Å². The van der Waals surface area contributed by atoms with Gasteiger partial charge in [-0.3, -0.25) is 9.69 Å². The summed E-state index contributed by atoms with van der Waals surface area (Å²) in [5.74, 6) is -1.61. The average Bonchev–Trinajstić information content (AvgIpc) is 2.92. The Morgan fingerprint density at radius 1 is 0.757 bits per heavy atom. The minimum Gasteiger partial charge on any atom is -0.493 e. The van der Waals surface area contributed by atoms with Gasteiger partial charge in [-0.15, -0.1) is 0 Å². The monoisotopic (exact) mass is 510 g/mol. The van der Waals surface area contributed by atoms with Crippen LogP contribution in [0.25, 0.3) is 10.8 Å². The highest BCUT2D eigenvalue weighted by Gasteiger charge is 2.25. The molecule has 1 heterocycles. The third-order valence-corrected chi connectivity index (χ3v) is 6.04. The van der Waals surface area contributed by atoms with E-state index in [0.29, 0.717) is 30.3 Å². The molecule has 0 bridgehead atoms. The Bertz CT molecular complexity index is 1250. The lowest BCUT2D eigenvalue weighted by Gasteiger charge is -2.35. The van der Waals surface area contributed by atoms with Crippen LogP contribution in [0, 0.1) is 0 Å². The number of hydrogen-bond acceptors (Lipinski definition) is 7. The van der Waals surface area contributed by atoms with Crippen LogP contribution in [0.5, 0.6) is 17.2 Å². The fraction of sp³-hybridized carbons (Fsp3) is 0.296. The van der Waals surface area contributed by atoms with Gasteiger partial charge in [0.25, 0.3) is 5.91 Å². The summed E-state index contributed by atoms with van der Waals surface area (Å²) in [6.07, 6.45) is 0.